The highest BCUT2D eigenvalue weighted by Gasteiger charge is 2.09. The topological polar surface area (TPSA) is 3.24 Å². The number of nitrogens with zero attached hydrogens (tertiary/aromatic N) is 1. The zero-order chi connectivity index (χ0) is 11.1. The lowest BCUT2D eigenvalue weighted by Crippen LogP contribution is -2.24. The van der Waals surface area contributed by atoms with Crippen molar-refractivity contribution in [2.45, 2.75) is 12.8 Å². The van der Waals surface area contributed by atoms with Crippen LogP contribution in [0, 0.1) is 0 Å². The molecule has 0 aromatic carbocycles. The van der Waals surface area contributed by atoms with Crippen LogP contribution >= 0.6 is 23.1 Å². The smallest absolute Gasteiger partial charge is 0.0263 e. The van der Waals surface area contributed by atoms with Crippen molar-refractivity contribution < 1.29 is 0 Å². The van der Waals surface area contributed by atoms with Crippen LogP contribution in [0.3, 0.4) is 0 Å². The van der Waals surface area contributed by atoms with Gasteiger partial charge in [0.25, 0.3) is 0 Å². The molecule has 1 rings (SSSR count). The minimum atomic E-state index is 0.602. The van der Waals surface area contributed by atoms with Gasteiger partial charge in [-0.3, -0.25) is 0 Å². The van der Waals surface area contributed by atoms with Crippen molar-refractivity contribution in [3.8, 4) is 0 Å². The number of thiophene rings is 1. The van der Waals surface area contributed by atoms with Crippen LogP contribution in [0.25, 0.3) is 0 Å². The van der Waals surface area contributed by atoms with E-state index in [-0.39, 0.29) is 0 Å². The molecule has 0 bridgehead atoms. The summed E-state index contributed by atoms with van der Waals surface area (Å²) in [4.78, 5) is 3.77. The third kappa shape index (κ3) is 4.31. The van der Waals surface area contributed by atoms with Crippen molar-refractivity contribution in [2.75, 3.05) is 25.1 Å². The highest BCUT2D eigenvalue weighted by atomic mass is 32.2. The molecule has 1 unspecified atom stereocenters. The monoisotopic (exact) mass is 241 g/mol. The Labute approximate surface area is 101 Å². The molecule has 0 aliphatic heterocycles. The summed E-state index contributed by atoms with van der Waals surface area (Å²) in [5.74, 6) is 1.77. The SMILES string of the molecule is C=CN(CCSC)CC(C)c1cccs1. The highest BCUT2D eigenvalue weighted by molar-refractivity contribution is 7.98. The Balaban J connectivity index is 2.41. The van der Waals surface area contributed by atoms with Crippen LogP contribution in [0.5, 0.6) is 0 Å². The number of hydrogen-bond acceptors (Lipinski definition) is 3. The molecule has 1 aromatic rings. The zero-order valence-electron chi connectivity index (χ0n) is 9.48. The fourth-order valence-corrected chi connectivity index (χ4v) is 2.67. The Hall–Kier alpha value is -0.410. The summed E-state index contributed by atoms with van der Waals surface area (Å²) in [6.07, 6.45) is 4.10. The lowest BCUT2D eigenvalue weighted by molar-refractivity contribution is 0.378. The fraction of sp³-hybridized carbons (Fsp3) is 0.500. The van der Waals surface area contributed by atoms with Crippen molar-refractivity contribution >= 4 is 23.1 Å². The maximum Gasteiger partial charge on any atom is 0.0263 e. The molecule has 0 aliphatic rings. The summed E-state index contributed by atoms with van der Waals surface area (Å²) in [5.41, 5.74) is 0. The van der Waals surface area contributed by atoms with Gasteiger partial charge in [0.15, 0.2) is 0 Å². The highest BCUT2D eigenvalue weighted by Crippen LogP contribution is 2.21. The van der Waals surface area contributed by atoms with Gasteiger partial charge >= 0.3 is 0 Å². The molecule has 0 aliphatic carbocycles. The lowest BCUT2D eigenvalue weighted by atomic mass is 10.1. The van der Waals surface area contributed by atoms with Gasteiger partial charge in [0.1, 0.15) is 0 Å². The molecule has 1 atom stereocenters. The van der Waals surface area contributed by atoms with E-state index in [2.05, 4.69) is 42.2 Å². The largest absolute Gasteiger partial charge is 0.376 e. The molecule has 0 amide bonds. The first-order valence-electron chi connectivity index (χ1n) is 5.17. The van der Waals surface area contributed by atoms with Gasteiger partial charge in [-0.25, -0.2) is 0 Å². The van der Waals surface area contributed by atoms with Crippen molar-refractivity contribution in [3.63, 3.8) is 0 Å². The summed E-state index contributed by atoms with van der Waals surface area (Å²) >= 11 is 3.72. The van der Waals surface area contributed by atoms with Crippen LogP contribution in [0.2, 0.25) is 0 Å². The number of thioether (sulfide) groups is 1. The van der Waals surface area contributed by atoms with Crippen LogP contribution in [0.15, 0.2) is 30.3 Å². The van der Waals surface area contributed by atoms with Gasteiger partial charge in [0, 0.05) is 29.6 Å². The van der Waals surface area contributed by atoms with E-state index in [9.17, 15) is 0 Å². The van der Waals surface area contributed by atoms with Crippen LogP contribution in [0.4, 0.5) is 0 Å². The molecule has 15 heavy (non-hydrogen) atoms. The molecule has 84 valence electrons. The molecule has 1 nitrogen and oxygen atoms in total. The lowest BCUT2D eigenvalue weighted by Gasteiger charge is -2.23. The van der Waals surface area contributed by atoms with Gasteiger partial charge in [-0.2, -0.15) is 11.8 Å². The predicted molar refractivity (Wildman–Crippen MR) is 72.9 cm³/mol. The Kier molecular flexibility index (Phi) is 5.88. The Bertz CT molecular complexity index is 269. The molecule has 0 fully saturated rings. The van der Waals surface area contributed by atoms with Crippen molar-refractivity contribution in [3.05, 3.63) is 35.2 Å². The minimum Gasteiger partial charge on any atom is -0.376 e. The molecule has 0 saturated carbocycles. The normalized spacial score (nSPS) is 12.4. The molecule has 1 heterocycles. The maximum atomic E-state index is 3.87. The average Bonchev–Trinajstić information content (AvgIpc) is 2.77. The standard InChI is InChI=1S/C12H19NS2/c1-4-13(7-9-14-3)10-11(2)12-6-5-8-15-12/h4-6,8,11H,1,7,9-10H2,2-3H3. The van der Waals surface area contributed by atoms with E-state index in [1.165, 1.54) is 10.6 Å². The van der Waals surface area contributed by atoms with Crippen molar-refractivity contribution in [1.29, 1.82) is 0 Å². The Morgan fingerprint density at radius 1 is 1.67 bits per heavy atom. The maximum absolute atomic E-state index is 3.87. The molecular formula is C12H19NS2. The molecular weight excluding hydrogens is 222 g/mol. The van der Waals surface area contributed by atoms with E-state index in [1.807, 2.05) is 29.3 Å². The van der Waals surface area contributed by atoms with E-state index in [1.54, 1.807) is 0 Å². The van der Waals surface area contributed by atoms with E-state index in [0.717, 1.165) is 13.1 Å². The van der Waals surface area contributed by atoms with Crippen molar-refractivity contribution in [2.24, 2.45) is 0 Å². The summed E-state index contributed by atoms with van der Waals surface area (Å²) in [7, 11) is 0. The molecule has 0 N–H and O–H groups in total. The van der Waals surface area contributed by atoms with Crippen LogP contribution < -0.4 is 0 Å². The summed E-state index contributed by atoms with van der Waals surface area (Å²) in [5, 5.41) is 2.14. The van der Waals surface area contributed by atoms with E-state index < -0.39 is 0 Å². The van der Waals surface area contributed by atoms with E-state index in [4.69, 9.17) is 0 Å². The van der Waals surface area contributed by atoms with Crippen LogP contribution in [0.1, 0.15) is 17.7 Å². The first-order valence-corrected chi connectivity index (χ1v) is 7.44. The second kappa shape index (κ2) is 6.96. The van der Waals surface area contributed by atoms with Gasteiger partial charge < -0.3 is 4.90 Å². The second-order valence-corrected chi connectivity index (χ2v) is 5.55. The Morgan fingerprint density at radius 3 is 3.00 bits per heavy atom. The Morgan fingerprint density at radius 2 is 2.47 bits per heavy atom. The molecule has 1 aromatic heterocycles. The third-order valence-electron chi connectivity index (χ3n) is 2.38. The quantitative estimate of drug-likeness (QED) is 0.717. The second-order valence-electron chi connectivity index (χ2n) is 3.59. The summed E-state index contributed by atoms with van der Waals surface area (Å²) < 4.78 is 0. The van der Waals surface area contributed by atoms with Crippen LogP contribution in [-0.2, 0) is 0 Å². The van der Waals surface area contributed by atoms with Gasteiger partial charge in [-0.05, 0) is 23.9 Å². The predicted octanol–water partition coefficient (Wildman–Crippen LogP) is 3.66. The first-order chi connectivity index (χ1) is 7.27. The van der Waals surface area contributed by atoms with Crippen molar-refractivity contribution in [1.82, 2.24) is 4.90 Å². The van der Waals surface area contributed by atoms with E-state index in [0.29, 0.717) is 5.92 Å². The third-order valence-corrected chi connectivity index (χ3v) is 4.07. The van der Waals surface area contributed by atoms with Crippen LogP contribution in [-0.4, -0.2) is 30.0 Å². The molecule has 0 spiro atoms. The number of rotatable bonds is 7. The van der Waals surface area contributed by atoms with Gasteiger partial charge in [-0.1, -0.05) is 19.6 Å². The molecule has 0 saturated heterocycles. The van der Waals surface area contributed by atoms with E-state index >= 15 is 0 Å². The zero-order valence-corrected chi connectivity index (χ0v) is 11.1. The summed E-state index contributed by atoms with van der Waals surface area (Å²) in [6, 6.07) is 4.34. The van der Waals surface area contributed by atoms with Gasteiger partial charge in [-0.15, -0.1) is 11.3 Å². The molecule has 0 radical (unpaired) electrons. The van der Waals surface area contributed by atoms with Gasteiger partial charge in [0.2, 0.25) is 0 Å². The van der Waals surface area contributed by atoms with Gasteiger partial charge in [0.05, 0.1) is 0 Å². The average molecular weight is 241 g/mol. The minimum absolute atomic E-state index is 0.602. The fourth-order valence-electron chi connectivity index (χ4n) is 1.48. The first kappa shape index (κ1) is 12.7. The molecule has 3 heteroatoms. The number of hydrogen-bond donors (Lipinski definition) is 0. The summed E-state index contributed by atoms with van der Waals surface area (Å²) in [6.45, 7) is 8.32.